The quantitative estimate of drug-likeness (QED) is 0.0833. The minimum Gasteiger partial charge on any atom is -0.380 e. The maximum absolute atomic E-state index is 14.3. The lowest BCUT2D eigenvalue weighted by Gasteiger charge is -2.59. The lowest BCUT2D eigenvalue weighted by Crippen LogP contribution is -2.67. The molecule has 49 heavy (non-hydrogen) atoms. The summed E-state index contributed by atoms with van der Waals surface area (Å²) in [4.78, 5) is 39.1. The summed E-state index contributed by atoms with van der Waals surface area (Å²) >= 11 is 0. The van der Waals surface area contributed by atoms with Crippen LogP contribution in [0.5, 0.6) is 0 Å². The molecule has 0 bridgehead atoms. The number of primary amides is 2. The van der Waals surface area contributed by atoms with Crippen LogP contribution in [0.1, 0.15) is 131 Å². The van der Waals surface area contributed by atoms with Crippen LogP contribution in [0.2, 0.25) is 0 Å². The van der Waals surface area contributed by atoms with Crippen molar-refractivity contribution in [2.75, 3.05) is 13.1 Å². The Kier molecular flexibility index (Phi) is 13.4. The molecule has 0 aromatic carbocycles. The summed E-state index contributed by atoms with van der Waals surface area (Å²) in [6.45, 7) is 12.8. The highest BCUT2D eigenvalue weighted by Gasteiger charge is 2.61. The first kappa shape index (κ1) is 39.7. The Morgan fingerprint density at radius 2 is 1.47 bits per heavy atom. The van der Waals surface area contributed by atoms with Crippen molar-refractivity contribution in [3.8, 4) is 0 Å². The van der Waals surface area contributed by atoms with Gasteiger partial charge in [0, 0.05) is 6.42 Å². The second kappa shape index (κ2) is 16.5. The van der Waals surface area contributed by atoms with Gasteiger partial charge in [-0.25, -0.2) is 16.0 Å². The Morgan fingerprint density at radius 1 is 0.857 bits per heavy atom. The van der Waals surface area contributed by atoms with E-state index in [0.29, 0.717) is 55.5 Å². The smallest absolute Gasteiger partial charge is 0.283 e. The molecule has 3 saturated carbocycles. The number of rotatable bonds is 18. The van der Waals surface area contributed by atoms with Crippen LogP contribution >= 0.6 is 0 Å². The van der Waals surface area contributed by atoms with Crippen LogP contribution in [0.4, 0.5) is 0 Å². The number of fused-ring (bicyclic) bond motifs is 5. The van der Waals surface area contributed by atoms with Crippen molar-refractivity contribution in [3.63, 3.8) is 0 Å². The maximum atomic E-state index is 14.3. The Bertz CT molecular complexity index is 1170. The van der Waals surface area contributed by atoms with Gasteiger partial charge in [0.1, 0.15) is 17.7 Å². The van der Waals surface area contributed by atoms with E-state index in [1.807, 2.05) is 0 Å². The Morgan fingerprint density at radius 3 is 2.02 bits per heavy atom. The minimum absolute atomic E-state index is 0.0861. The number of carbonyl (C=O) groups is 3. The number of nitrogens with zero attached hydrogens (tertiary/aromatic N) is 1. The SMILES string of the molecule is CC(C)CCC[C@@H](C)[C@H]1CC[C@H]2[C@@H]3CC=C4C[C@@](O)(C(=O)N(N[C@@H](CCCN)C(N)=O)N[C@@H](CCCN)C(N)=O)CC[C@]4(C)[C@H]3CC[C@]12C. The number of hydrogen-bond donors (Lipinski definition) is 7. The molecule has 0 aromatic rings. The van der Waals surface area contributed by atoms with Gasteiger partial charge in [-0.15, -0.1) is 0 Å². The molecule has 10 atom stereocenters. The normalized spacial score (nSPS) is 34.3. The molecule has 11 heteroatoms. The number of allylic oxidation sites excluding steroid dienone is 1. The van der Waals surface area contributed by atoms with Gasteiger partial charge in [-0.2, -0.15) is 0 Å². The van der Waals surface area contributed by atoms with Crippen LogP contribution in [0, 0.1) is 46.3 Å². The van der Waals surface area contributed by atoms with Crippen molar-refractivity contribution in [2.45, 2.75) is 149 Å². The molecule has 4 aliphatic rings. The van der Waals surface area contributed by atoms with Gasteiger partial charge in [-0.1, -0.05) is 65.5 Å². The standard InChI is InChI=1S/C38H69N7O4/c1-24(2)9-6-10-25(3)28-15-16-29-27-14-13-26-23-38(49,20-19-36(26,4)30(27)17-18-37(28,29)5)35(48)45(43-31(33(41)46)11-7-21-39)44-32(34(42)47)12-8-22-40/h13,24-25,27-32,43-44,49H,6-12,14-23,39-40H2,1-5H3,(H2,41,46)(H2,42,47)/t25-,27+,28-,29+,30+,31+,32+,36+,37-,38-/m1/s1. The second-order valence-electron chi connectivity index (χ2n) is 17.2. The number of nitrogens with one attached hydrogen (secondary N) is 2. The molecule has 11 N–H and O–H groups in total. The molecule has 0 heterocycles. The molecule has 0 spiro atoms. The highest BCUT2D eigenvalue weighted by molar-refractivity contribution is 5.87. The number of nitrogens with two attached hydrogens (primary N) is 4. The third kappa shape index (κ3) is 8.54. The zero-order valence-electron chi connectivity index (χ0n) is 31.1. The topological polar surface area (TPSA) is 203 Å². The van der Waals surface area contributed by atoms with Crippen LogP contribution < -0.4 is 33.8 Å². The molecule has 3 amide bonds. The highest BCUT2D eigenvalue weighted by atomic mass is 16.3. The van der Waals surface area contributed by atoms with Crippen molar-refractivity contribution in [2.24, 2.45) is 69.3 Å². The summed E-state index contributed by atoms with van der Waals surface area (Å²) in [7, 11) is 0. The van der Waals surface area contributed by atoms with E-state index in [-0.39, 0.29) is 31.1 Å². The molecule has 4 rings (SSSR count). The van der Waals surface area contributed by atoms with Gasteiger partial charge in [-0.3, -0.25) is 14.4 Å². The zero-order valence-corrected chi connectivity index (χ0v) is 31.1. The van der Waals surface area contributed by atoms with Crippen molar-refractivity contribution in [1.29, 1.82) is 0 Å². The fourth-order valence-electron chi connectivity index (χ4n) is 10.7. The van der Waals surface area contributed by atoms with Gasteiger partial charge in [-0.05, 0) is 130 Å². The monoisotopic (exact) mass is 688 g/mol. The fourth-order valence-corrected chi connectivity index (χ4v) is 10.7. The van der Waals surface area contributed by atoms with E-state index in [9.17, 15) is 19.5 Å². The van der Waals surface area contributed by atoms with Crippen molar-refractivity contribution < 1.29 is 19.5 Å². The van der Waals surface area contributed by atoms with Crippen LogP contribution in [-0.4, -0.2) is 58.7 Å². The van der Waals surface area contributed by atoms with Gasteiger partial charge < -0.3 is 28.0 Å². The molecular weight excluding hydrogens is 618 g/mol. The average molecular weight is 688 g/mol. The molecule has 280 valence electrons. The summed E-state index contributed by atoms with van der Waals surface area (Å²) in [5.74, 6) is 2.17. The van der Waals surface area contributed by atoms with E-state index in [1.54, 1.807) is 0 Å². The zero-order chi connectivity index (χ0) is 36.1. The van der Waals surface area contributed by atoms with Gasteiger partial charge in [0.2, 0.25) is 11.8 Å². The number of aliphatic hydroxyl groups is 1. The third-order valence-corrected chi connectivity index (χ3v) is 13.6. The number of amides is 3. The van der Waals surface area contributed by atoms with Crippen molar-refractivity contribution in [3.05, 3.63) is 11.6 Å². The molecule has 0 saturated heterocycles. The molecule has 0 radical (unpaired) electrons. The number of carbonyl (C=O) groups excluding carboxylic acids is 3. The summed E-state index contributed by atoms with van der Waals surface area (Å²) in [6, 6.07) is -1.89. The van der Waals surface area contributed by atoms with E-state index in [2.05, 4.69) is 51.5 Å². The van der Waals surface area contributed by atoms with Gasteiger partial charge in [0.25, 0.3) is 5.91 Å². The second-order valence-corrected chi connectivity index (χ2v) is 17.2. The van der Waals surface area contributed by atoms with E-state index >= 15 is 0 Å². The Labute approximate surface area is 295 Å². The first-order chi connectivity index (χ1) is 23.1. The molecule has 0 aromatic heterocycles. The van der Waals surface area contributed by atoms with Crippen molar-refractivity contribution >= 4 is 17.7 Å². The predicted octanol–water partition coefficient (Wildman–Crippen LogP) is 3.78. The maximum Gasteiger partial charge on any atom is 0.283 e. The lowest BCUT2D eigenvalue weighted by molar-refractivity contribution is -0.167. The third-order valence-electron chi connectivity index (χ3n) is 13.6. The van der Waals surface area contributed by atoms with Crippen LogP contribution in [0.15, 0.2) is 11.6 Å². The fraction of sp³-hybridized carbons (Fsp3) is 0.868. The molecule has 11 nitrogen and oxygen atoms in total. The van der Waals surface area contributed by atoms with Gasteiger partial charge >= 0.3 is 0 Å². The first-order valence-electron chi connectivity index (χ1n) is 19.4. The average Bonchev–Trinajstić information content (AvgIpc) is 3.41. The largest absolute Gasteiger partial charge is 0.380 e. The summed E-state index contributed by atoms with van der Waals surface area (Å²) in [5, 5.41) is 13.1. The summed E-state index contributed by atoms with van der Waals surface area (Å²) < 4.78 is 0. The number of hydrazine groups is 2. The lowest BCUT2D eigenvalue weighted by atomic mass is 9.46. The van der Waals surface area contributed by atoms with Gasteiger partial charge in [0.15, 0.2) is 0 Å². The predicted molar refractivity (Wildman–Crippen MR) is 194 cm³/mol. The first-order valence-corrected chi connectivity index (χ1v) is 19.4. The van der Waals surface area contributed by atoms with Crippen LogP contribution in [-0.2, 0) is 14.4 Å². The Balaban J connectivity index is 1.53. The molecule has 3 fully saturated rings. The molecule has 4 aliphatic carbocycles. The van der Waals surface area contributed by atoms with Crippen LogP contribution in [0.25, 0.3) is 0 Å². The minimum atomic E-state index is -1.74. The number of hydrogen-bond acceptors (Lipinski definition) is 8. The van der Waals surface area contributed by atoms with Crippen molar-refractivity contribution in [1.82, 2.24) is 16.0 Å². The molecular formula is C38H69N7O4. The van der Waals surface area contributed by atoms with E-state index < -0.39 is 35.4 Å². The van der Waals surface area contributed by atoms with E-state index in [0.717, 1.165) is 34.9 Å². The van der Waals surface area contributed by atoms with E-state index in [4.69, 9.17) is 22.9 Å². The van der Waals surface area contributed by atoms with Gasteiger partial charge in [0.05, 0.1) is 0 Å². The van der Waals surface area contributed by atoms with E-state index in [1.165, 1.54) is 44.9 Å². The molecule has 0 aliphatic heterocycles. The molecule has 0 unspecified atom stereocenters. The Hall–Kier alpha value is -2.05. The summed E-state index contributed by atoms with van der Waals surface area (Å²) in [5.41, 5.74) is 28.2. The summed E-state index contributed by atoms with van der Waals surface area (Å²) in [6.07, 6.45) is 15.1. The highest BCUT2D eigenvalue weighted by Crippen LogP contribution is 2.67. The van der Waals surface area contributed by atoms with Crippen LogP contribution in [0.3, 0.4) is 0 Å².